The maximum absolute atomic E-state index is 13.2. The summed E-state index contributed by atoms with van der Waals surface area (Å²) in [5, 5.41) is 4.61. The van der Waals surface area contributed by atoms with Gasteiger partial charge in [0.05, 0.1) is 12.1 Å². The van der Waals surface area contributed by atoms with Gasteiger partial charge in [0.1, 0.15) is 17.3 Å². The van der Waals surface area contributed by atoms with Crippen molar-refractivity contribution in [3.63, 3.8) is 0 Å². The highest BCUT2D eigenvalue weighted by Gasteiger charge is 2.39. The Bertz CT molecular complexity index is 1170. The lowest BCUT2D eigenvalue weighted by Crippen LogP contribution is -2.31. The van der Waals surface area contributed by atoms with Crippen LogP contribution in [0.2, 0.25) is 0 Å². The van der Waals surface area contributed by atoms with Gasteiger partial charge in [0, 0.05) is 10.6 Å². The molecule has 4 rings (SSSR count). The smallest absolute Gasteiger partial charge is 0.406 e. The number of nitrogens with zero attached hydrogens (tertiary/aromatic N) is 1. The standard InChI is InChI=1S/C22H14F4N2O3S/c23-14-5-3-13(4-6-14)12-28-20(29)18(17-2-1-11-32-17)19(21(28)30)27-15-7-9-16(10-8-15)31-22(24,25)26/h1-11,27H,12H2. The minimum atomic E-state index is -4.82. The van der Waals surface area contributed by atoms with Crippen molar-refractivity contribution in [2.24, 2.45) is 0 Å². The summed E-state index contributed by atoms with van der Waals surface area (Å²) < 4.78 is 54.1. The molecule has 1 N–H and O–H groups in total. The summed E-state index contributed by atoms with van der Waals surface area (Å²) in [5.74, 6) is -1.98. The summed E-state index contributed by atoms with van der Waals surface area (Å²) in [4.78, 5) is 27.8. The SMILES string of the molecule is O=C1C(Nc2ccc(OC(F)(F)F)cc2)=C(c2cccs2)C(=O)N1Cc1ccc(F)cc1. The molecule has 1 aromatic heterocycles. The molecule has 2 heterocycles. The second kappa shape index (κ2) is 8.46. The number of thiophene rings is 1. The number of carbonyl (C=O) groups is 2. The van der Waals surface area contributed by atoms with Gasteiger partial charge in [-0.05, 0) is 53.4 Å². The van der Waals surface area contributed by atoms with Gasteiger partial charge in [0.15, 0.2) is 0 Å². The van der Waals surface area contributed by atoms with Gasteiger partial charge in [-0.2, -0.15) is 0 Å². The van der Waals surface area contributed by atoms with Crippen molar-refractivity contribution in [1.29, 1.82) is 0 Å². The zero-order valence-corrected chi connectivity index (χ0v) is 17.0. The second-order valence-electron chi connectivity index (χ2n) is 6.75. The molecule has 0 bridgehead atoms. The Kier molecular flexibility index (Phi) is 5.70. The zero-order chi connectivity index (χ0) is 22.9. The highest BCUT2D eigenvalue weighted by atomic mass is 32.1. The lowest BCUT2D eigenvalue weighted by Gasteiger charge is -2.15. The lowest BCUT2D eigenvalue weighted by atomic mass is 10.1. The van der Waals surface area contributed by atoms with E-state index in [1.165, 1.54) is 47.7 Å². The summed E-state index contributed by atoms with van der Waals surface area (Å²) >= 11 is 1.27. The first kappa shape index (κ1) is 21.6. The van der Waals surface area contributed by atoms with Crippen LogP contribution < -0.4 is 10.1 Å². The van der Waals surface area contributed by atoms with Crippen LogP contribution in [-0.4, -0.2) is 23.1 Å². The number of rotatable bonds is 6. The number of alkyl halides is 3. The van der Waals surface area contributed by atoms with Crippen LogP contribution in [0.5, 0.6) is 5.75 Å². The Labute approximate surface area is 183 Å². The van der Waals surface area contributed by atoms with Crippen LogP contribution in [0, 0.1) is 5.82 Å². The van der Waals surface area contributed by atoms with Crippen LogP contribution in [0.4, 0.5) is 23.2 Å². The normalized spacial score (nSPS) is 14.3. The largest absolute Gasteiger partial charge is 0.573 e. The molecule has 2 amide bonds. The van der Waals surface area contributed by atoms with Crippen molar-refractivity contribution in [3.8, 4) is 5.75 Å². The molecule has 0 fully saturated rings. The Hall–Kier alpha value is -3.66. The van der Waals surface area contributed by atoms with Gasteiger partial charge in [0.25, 0.3) is 11.8 Å². The molecule has 1 aliphatic rings. The van der Waals surface area contributed by atoms with Crippen LogP contribution >= 0.6 is 11.3 Å². The van der Waals surface area contributed by atoms with E-state index in [-0.39, 0.29) is 17.8 Å². The summed E-state index contributed by atoms with van der Waals surface area (Å²) in [6.07, 6.45) is -4.82. The minimum absolute atomic E-state index is 0.00375. The molecule has 0 saturated carbocycles. The zero-order valence-electron chi connectivity index (χ0n) is 16.2. The molecule has 164 valence electrons. The summed E-state index contributed by atoms with van der Waals surface area (Å²) in [6.45, 7) is -0.0592. The molecule has 1 aliphatic heterocycles. The third-order valence-corrected chi connectivity index (χ3v) is 5.43. The summed E-state index contributed by atoms with van der Waals surface area (Å²) in [7, 11) is 0. The van der Waals surface area contributed by atoms with E-state index in [0.29, 0.717) is 16.1 Å². The molecule has 0 radical (unpaired) electrons. The number of hydrogen-bond acceptors (Lipinski definition) is 5. The van der Waals surface area contributed by atoms with Gasteiger partial charge in [-0.15, -0.1) is 24.5 Å². The van der Waals surface area contributed by atoms with E-state index in [2.05, 4.69) is 10.1 Å². The average molecular weight is 462 g/mol. The number of benzene rings is 2. The molecule has 0 atom stereocenters. The summed E-state index contributed by atoms with van der Waals surface area (Å²) in [6, 6.07) is 13.6. The number of hydrogen-bond donors (Lipinski definition) is 1. The fraction of sp³-hybridized carbons (Fsp3) is 0.0909. The number of imide groups is 1. The molecule has 0 saturated heterocycles. The minimum Gasteiger partial charge on any atom is -0.406 e. The predicted octanol–water partition coefficient (Wildman–Crippen LogP) is 5.18. The fourth-order valence-corrected chi connectivity index (χ4v) is 3.91. The van der Waals surface area contributed by atoms with E-state index in [1.807, 2.05) is 0 Å². The van der Waals surface area contributed by atoms with E-state index in [4.69, 9.17) is 0 Å². The Morgan fingerprint density at radius 3 is 2.22 bits per heavy atom. The highest BCUT2D eigenvalue weighted by molar-refractivity contribution is 7.11. The Morgan fingerprint density at radius 2 is 1.62 bits per heavy atom. The molecule has 0 unspecified atom stereocenters. The fourth-order valence-electron chi connectivity index (χ4n) is 3.14. The second-order valence-corrected chi connectivity index (χ2v) is 7.70. The van der Waals surface area contributed by atoms with E-state index in [0.717, 1.165) is 17.0 Å². The van der Waals surface area contributed by atoms with E-state index in [1.54, 1.807) is 17.5 Å². The van der Waals surface area contributed by atoms with Crippen molar-refractivity contribution in [2.75, 3.05) is 5.32 Å². The van der Waals surface area contributed by atoms with E-state index >= 15 is 0 Å². The third-order valence-electron chi connectivity index (χ3n) is 4.55. The van der Waals surface area contributed by atoms with Gasteiger partial charge in [0.2, 0.25) is 0 Å². The average Bonchev–Trinajstić information content (AvgIpc) is 3.33. The molecule has 3 aromatic rings. The van der Waals surface area contributed by atoms with Crippen molar-refractivity contribution in [2.45, 2.75) is 12.9 Å². The van der Waals surface area contributed by atoms with Gasteiger partial charge < -0.3 is 10.1 Å². The number of amides is 2. The molecule has 32 heavy (non-hydrogen) atoms. The van der Waals surface area contributed by atoms with E-state index < -0.39 is 29.7 Å². The number of nitrogens with one attached hydrogen (secondary N) is 1. The lowest BCUT2D eigenvalue weighted by molar-refractivity contribution is -0.274. The number of anilines is 1. The van der Waals surface area contributed by atoms with Crippen LogP contribution in [0.1, 0.15) is 10.4 Å². The number of halogens is 4. The van der Waals surface area contributed by atoms with Gasteiger partial charge in [-0.1, -0.05) is 18.2 Å². The molecule has 0 spiro atoms. The van der Waals surface area contributed by atoms with Crippen LogP contribution in [0.25, 0.3) is 5.57 Å². The maximum atomic E-state index is 13.2. The van der Waals surface area contributed by atoms with Crippen molar-refractivity contribution >= 4 is 34.4 Å². The van der Waals surface area contributed by atoms with Crippen molar-refractivity contribution in [3.05, 3.63) is 88.0 Å². The first-order valence-corrected chi connectivity index (χ1v) is 10.1. The summed E-state index contributed by atoms with van der Waals surface area (Å²) in [5.41, 5.74) is 1.02. The number of carbonyl (C=O) groups excluding carboxylic acids is 2. The van der Waals surface area contributed by atoms with Gasteiger partial charge in [-0.25, -0.2) is 4.39 Å². The Morgan fingerprint density at radius 1 is 0.938 bits per heavy atom. The predicted molar refractivity (Wildman–Crippen MR) is 110 cm³/mol. The van der Waals surface area contributed by atoms with E-state index in [9.17, 15) is 27.2 Å². The molecular formula is C22H14F4N2O3S. The topological polar surface area (TPSA) is 58.6 Å². The first-order chi connectivity index (χ1) is 15.2. The molecule has 0 aliphatic carbocycles. The third kappa shape index (κ3) is 4.65. The maximum Gasteiger partial charge on any atom is 0.573 e. The quantitative estimate of drug-likeness (QED) is 0.405. The van der Waals surface area contributed by atoms with Gasteiger partial charge >= 0.3 is 6.36 Å². The van der Waals surface area contributed by atoms with Crippen LogP contribution in [0.15, 0.2) is 71.7 Å². The molecular weight excluding hydrogens is 448 g/mol. The van der Waals surface area contributed by atoms with Crippen LogP contribution in [0.3, 0.4) is 0 Å². The van der Waals surface area contributed by atoms with Crippen molar-refractivity contribution in [1.82, 2.24) is 4.90 Å². The van der Waals surface area contributed by atoms with Gasteiger partial charge in [-0.3, -0.25) is 14.5 Å². The molecule has 2 aromatic carbocycles. The highest BCUT2D eigenvalue weighted by Crippen LogP contribution is 2.34. The van der Waals surface area contributed by atoms with Crippen LogP contribution in [-0.2, 0) is 16.1 Å². The first-order valence-electron chi connectivity index (χ1n) is 9.23. The monoisotopic (exact) mass is 462 g/mol. The van der Waals surface area contributed by atoms with Crippen molar-refractivity contribution < 1.29 is 31.9 Å². The Balaban J connectivity index is 1.62. The molecule has 10 heteroatoms. The molecule has 5 nitrogen and oxygen atoms in total. The number of ether oxygens (including phenoxy) is 1.